The minimum absolute atomic E-state index is 0.632. The van der Waals surface area contributed by atoms with Crippen molar-refractivity contribution in [2.45, 2.75) is 20.1 Å². The SMILES string of the molecule is CCn1cc(OCc2cccs2)cn1. The minimum Gasteiger partial charge on any atom is -0.485 e. The number of hydrogen-bond donors (Lipinski definition) is 0. The first kappa shape index (κ1) is 9.27. The van der Waals surface area contributed by atoms with Gasteiger partial charge in [-0.25, -0.2) is 0 Å². The molecular weight excluding hydrogens is 196 g/mol. The summed E-state index contributed by atoms with van der Waals surface area (Å²) in [6.45, 7) is 3.56. The van der Waals surface area contributed by atoms with E-state index in [1.54, 1.807) is 17.5 Å². The van der Waals surface area contributed by atoms with Gasteiger partial charge in [0.05, 0.1) is 12.4 Å². The third-order valence-corrected chi connectivity index (χ3v) is 2.74. The van der Waals surface area contributed by atoms with Crippen LogP contribution in [0.25, 0.3) is 0 Å². The Hall–Kier alpha value is -1.29. The molecule has 0 aliphatic rings. The predicted octanol–water partition coefficient (Wildman–Crippen LogP) is 2.54. The Morgan fingerprint density at radius 3 is 3.14 bits per heavy atom. The van der Waals surface area contributed by atoms with Gasteiger partial charge in [-0.2, -0.15) is 5.10 Å². The van der Waals surface area contributed by atoms with Crippen LogP contribution >= 0.6 is 11.3 Å². The summed E-state index contributed by atoms with van der Waals surface area (Å²) in [6, 6.07) is 4.09. The fraction of sp³-hybridized carbons (Fsp3) is 0.300. The molecule has 0 N–H and O–H groups in total. The molecule has 0 aliphatic carbocycles. The molecule has 0 saturated heterocycles. The molecule has 0 atom stereocenters. The number of thiophene rings is 1. The number of aryl methyl sites for hydroxylation is 1. The summed E-state index contributed by atoms with van der Waals surface area (Å²) in [4.78, 5) is 1.23. The Balaban J connectivity index is 1.92. The summed E-state index contributed by atoms with van der Waals surface area (Å²) in [7, 11) is 0. The van der Waals surface area contributed by atoms with Crippen LogP contribution in [0.15, 0.2) is 29.9 Å². The number of ether oxygens (including phenoxy) is 1. The quantitative estimate of drug-likeness (QED) is 0.772. The van der Waals surface area contributed by atoms with Crippen LogP contribution in [0.4, 0.5) is 0 Å². The molecule has 3 nitrogen and oxygen atoms in total. The minimum atomic E-state index is 0.632. The van der Waals surface area contributed by atoms with Crippen LogP contribution in [0.5, 0.6) is 5.75 Å². The first-order valence-corrected chi connectivity index (χ1v) is 5.44. The van der Waals surface area contributed by atoms with E-state index in [-0.39, 0.29) is 0 Å². The summed E-state index contributed by atoms with van der Waals surface area (Å²) in [5.41, 5.74) is 0. The van der Waals surface area contributed by atoms with Crippen LogP contribution < -0.4 is 4.74 Å². The van der Waals surface area contributed by atoms with Crippen molar-refractivity contribution in [2.24, 2.45) is 0 Å². The highest BCUT2D eigenvalue weighted by Crippen LogP contribution is 2.14. The molecule has 2 rings (SSSR count). The zero-order valence-electron chi connectivity index (χ0n) is 8.01. The molecule has 2 aromatic rings. The van der Waals surface area contributed by atoms with Crippen molar-refractivity contribution in [3.05, 3.63) is 34.8 Å². The monoisotopic (exact) mass is 208 g/mol. The fourth-order valence-corrected chi connectivity index (χ4v) is 1.76. The molecule has 4 heteroatoms. The Bertz CT molecular complexity index is 380. The van der Waals surface area contributed by atoms with Crippen molar-refractivity contribution >= 4 is 11.3 Å². The Labute approximate surface area is 86.9 Å². The van der Waals surface area contributed by atoms with Crippen molar-refractivity contribution in [1.29, 1.82) is 0 Å². The van der Waals surface area contributed by atoms with Gasteiger partial charge in [-0.1, -0.05) is 6.07 Å². The molecule has 0 aliphatic heterocycles. The van der Waals surface area contributed by atoms with E-state index in [2.05, 4.69) is 18.1 Å². The largest absolute Gasteiger partial charge is 0.485 e. The smallest absolute Gasteiger partial charge is 0.157 e. The molecule has 0 amide bonds. The lowest BCUT2D eigenvalue weighted by Crippen LogP contribution is -1.93. The highest BCUT2D eigenvalue weighted by atomic mass is 32.1. The predicted molar refractivity (Wildman–Crippen MR) is 56.6 cm³/mol. The third-order valence-electron chi connectivity index (χ3n) is 1.89. The van der Waals surface area contributed by atoms with Gasteiger partial charge >= 0.3 is 0 Å². The van der Waals surface area contributed by atoms with Gasteiger partial charge in [-0.3, -0.25) is 4.68 Å². The second kappa shape index (κ2) is 4.28. The number of aromatic nitrogens is 2. The molecule has 0 unspecified atom stereocenters. The maximum Gasteiger partial charge on any atom is 0.157 e. The molecule has 2 heterocycles. The number of hydrogen-bond acceptors (Lipinski definition) is 3. The molecular formula is C10H12N2OS. The zero-order chi connectivity index (χ0) is 9.80. The van der Waals surface area contributed by atoms with Gasteiger partial charge in [0, 0.05) is 11.4 Å². The van der Waals surface area contributed by atoms with Gasteiger partial charge < -0.3 is 4.74 Å². The Morgan fingerprint density at radius 1 is 1.57 bits per heavy atom. The summed E-state index contributed by atoms with van der Waals surface area (Å²) in [6.07, 6.45) is 3.66. The lowest BCUT2D eigenvalue weighted by atomic mass is 10.5. The van der Waals surface area contributed by atoms with Crippen LogP contribution in [0.3, 0.4) is 0 Å². The van der Waals surface area contributed by atoms with Crippen molar-refractivity contribution in [3.8, 4) is 5.75 Å². The molecule has 0 spiro atoms. The second-order valence-corrected chi connectivity index (χ2v) is 3.93. The van der Waals surface area contributed by atoms with E-state index in [0.717, 1.165) is 12.3 Å². The van der Waals surface area contributed by atoms with Crippen molar-refractivity contribution < 1.29 is 4.74 Å². The van der Waals surface area contributed by atoms with E-state index in [0.29, 0.717) is 6.61 Å². The highest BCUT2D eigenvalue weighted by molar-refractivity contribution is 7.09. The highest BCUT2D eigenvalue weighted by Gasteiger charge is 1.99. The summed E-state index contributed by atoms with van der Waals surface area (Å²) >= 11 is 1.70. The first-order chi connectivity index (χ1) is 6.88. The van der Waals surface area contributed by atoms with Gasteiger partial charge in [0.2, 0.25) is 0 Å². The van der Waals surface area contributed by atoms with Crippen LogP contribution in [-0.2, 0) is 13.2 Å². The Morgan fingerprint density at radius 2 is 2.50 bits per heavy atom. The van der Waals surface area contributed by atoms with Crippen LogP contribution in [-0.4, -0.2) is 9.78 Å². The van der Waals surface area contributed by atoms with Gasteiger partial charge in [-0.15, -0.1) is 11.3 Å². The molecule has 0 radical (unpaired) electrons. The summed E-state index contributed by atoms with van der Waals surface area (Å²) in [5, 5.41) is 6.18. The Kier molecular flexibility index (Phi) is 2.84. The lowest BCUT2D eigenvalue weighted by Gasteiger charge is -1.99. The first-order valence-electron chi connectivity index (χ1n) is 4.56. The van der Waals surface area contributed by atoms with Crippen molar-refractivity contribution in [3.63, 3.8) is 0 Å². The standard InChI is InChI=1S/C10H12N2OS/c1-2-12-7-9(6-11-12)13-8-10-4-3-5-14-10/h3-7H,2,8H2,1H3. The molecule has 0 saturated carbocycles. The van der Waals surface area contributed by atoms with E-state index in [4.69, 9.17) is 4.74 Å². The van der Waals surface area contributed by atoms with E-state index < -0.39 is 0 Å². The molecule has 0 fully saturated rings. The van der Waals surface area contributed by atoms with Crippen molar-refractivity contribution in [1.82, 2.24) is 9.78 Å². The molecule has 0 bridgehead atoms. The average molecular weight is 208 g/mol. The molecule has 0 aromatic carbocycles. The zero-order valence-corrected chi connectivity index (χ0v) is 8.83. The van der Waals surface area contributed by atoms with E-state index >= 15 is 0 Å². The van der Waals surface area contributed by atoms with Gasteiger partial charge in [0.15, 0.2) is 5.75 Å². The van der Waals surface area contributed by atoms with Gasteiger partial charge in [0.1, 0.15) is 6.61 Å². The second-order valence-electron chi connectivity index (χ2n) is 2.90. The summed E-state index contributed by atoms with van der Waals surface area (Å²) < 4.78 is 7.41. The van der Waals surface area contributed by atoms with Crippen LogP contribution in [0.2, 0.25) is 0 Å². The topological polar surface area (TPSA) is 27.1 Å². The van der Waals surface area contributed by atoms with E-state index in [1.807, 2.05) is 22.3 Å². The lowest BCUT2D eigenvalue weighted by molar-refractivity contribution is 0.309. The average Bonchev–Trinajstić information content (AvgIpc) is 2.86. The maximum absolute atomic E-state index is 5.56. The molecule has 2 aromatic heterocycles. The van der Waals surface area contributed by atoms with Gasteiger partial charge in [0.25, 0.3) is 0 Å². The van der Waals surface area contributed by atoms with E-state index in [1.165, 1.54) is 4.88 Å². The van der Waals surface area contributed by atoms with E-state index in [9.17, 15) is 0 Å². The molecule has 14 heavy (non-hydrogen) atoms. The number of nitrogens with zero attached hydrogens (tertiary/aromatic N) is 2. The molecule has 74 valence electrons. The third kappa shape index (κ3) is 2.14. The maximum atomic E-state index is 5.56. The fourth-order valence-electron chi connectivity index (χ4n) is 1.14. The normalized spacial score (nSPS) is 10.4. The van der Waals surface area contributed by atoms with Crippen LogP contribution in [0.1, 0.15) is 11.8 Å². The summed E-state index contributed by atoms with van der Waals surface area (Å²) in [5.74, 6) is 0.834. The van der Waals surface area contributed by atoms with Gasteiger partial charge in [-0.05, 0) is 18.4 Å². The number of rotatable bonds is 4. The van der Waals surface area contributed by atoms with Crippen LogP contribution in [0, 0.1) is 0 Å². The van der Waals surface area contributed by atoms with Crippen molar-refractivity contribution in [2.75, 3.05) is 0 Å².